The fourth-order valence-corrected chi connectivity index (χ4v) is 1.54. The second-order valence-electron chi connectivity index (χ2n) is 3.15. The molecule has 0 amide bonds. The van der Waals surface area contributed by atoms with Crippen LogP contribution in [-0.4, -0.2) is 7.11 Å². The van der Waals surface area contributed by atoms with Crippen molar-refractivity contribution in [3.05, 3.63) is 34.9 Å². The lowest BCUT2D eigenvalue weighted by atomic mass is 10.1. The average molecular weight is 187 g/mol. The molecule has 0 unspecified atom stereocenters. The van der Waals surface area contributed by atoms with E-state index in [4.69, 9.17) is 10.00 Å². The molecule has 0 aliphatic rings. The fraction of sp³-hybridized carbons (Fsp3) is 0.250. The van der Waals surface area contributed by atoms with Crippen molar-refractivity contribution in [3.63, 3.8) is 0 Å². The first-order valence-electron chi connectivity index (χ1n) is 4.40. The lowest BCUT2D eigenvalue weighted by molar-refractivity contribution is 0.408. The van der Waals surface area contributed by atoms with Gasteiger partial charge in [0.25, 0.3) is 0 Å². The van der Waals surface area contributed by atoms with Crippen LogP contribution < -0.4 is 4.74 Å². The van der Waals surface area contributed by atoms with E-state index in [0.717, 1.165) is 22.4 Å². The van der Waals surface area contributed by atoms with Crippen LogP contribution in [0.4, 0.5) is 0 Å². The molecule has 0 heterocycles. The summed E-state index contributed by atoms with van der Waals surface area (Å²) in [5.41, 5.74) is 3.21. The Morgan fingerprint density at radius 1 is 1.29 bits per heavy atom. The number of benzene rings is 1. The van der Waals surface area contributed by atoms with Gasteiger partial charge in [-0.05, 0) is 48.7 Å². The number of hydrogen-bond acceptors (Lipinski definition) is 2. The zero-order valence-corrected chi connectivity index (χ0v) is 8.66. The average Bonchev–Trinajstić information content (AvgIpc) is 2.14. The van der Waals surface area contributed by atoms with Crippen LogP contribution in [0.2, 0.25) is 0 Å². The Labute approximate surface area is 84.4 Å². The molecule has 1 aromatic rings. The molecule has 0 saturated carbocycles. The highest BCUT2D eigenvalue weighted by molar-refractivity contribution is 5.57. The Kier molecular flexibility index (Phi) is 3.30. The smallest absolute Gasteiger partial charge is 0.124 e. The molecule has 1 aromatic carbocycles. The Balaban J connectivity index is 3.15. The first-order valence-corrected chi connectivity index (χ1v) is 4.40. The van der Waals surface area contributed by atoms with Crippen molar-refractivity contribution < 1.29 is 4.74 Å². The van der Waals surface area contributed by atoms with Crippen LogP contribution in [0.3, 0.4) is 0 Å². The maximum absolute atomic E-state index is 8.41. The van der Waals surface area contributed by atoms with Crippen molar-refractivity contribution in [2.45, 2.75) is 13.8 Å². The third-order valence-electron chi connectivity index (χ3n) is 2.04. The SMILES string of the molecule is COc1c(C)cc(C=CC#N)cc1C. The lowest BCUT2D eigenvalue weighted by Crippen LogP contribution is -1.91. The third kappa shape index (κ3) is 2.14. The normalized spacial score (nSPS) is 10.1. The number of nitrogens with zero attached hydrogens (tertiary/aromatic N) is 1. The van der Waals surface area contributed by atoms with E-state index in [1.54, 1.807) is 13.2 Å². The van der Waals surface area contributed by atoms with Crippen LogP contribution in [0.1, 0.15) is 16.7 Å². The minimum absolute atomic E-state index is 0.916. The maximum Gasteiger partial charge on any atom is 0.124 e. The zero-order valence-electron chi connectivity index (χ0n) is 8.66. The lowest BCUT2D eigenvalue weighted by Gasteiger charge is -2.09. The standard InChI is InChI=1S/C12H13NO/c1-9-7-11(5-4-6-13)8-10(2)12(9)14-3/h4-5,7-8H,1-3H3. The monoisotopic (exact) mass is 187 g/mol. The Hall–Kier alpha value is -1.75. The van der Waals surface area contributed by atoms with E-state index in [9.17, 15) is 0 Å². The molecule has 1 rings (SSSR count). The minimum Gasteiger partial charge on any atom is -0.496 e. The van der Waals surface area contributed by atoms with Crippen LogP contribution in [0, 0.1) is 25.2 Å². The first-order chi connectivity index (χ1) is 6.69. The summed E-state index contributed by atoms with van der Waals surface area (Å²) < 4.78 is 5.25. The highest BCUT2D eigenvalue weighted by Crippen LogP contribution is 2.24. The van der Waals surface area contributed by atoms with E-state index < -0.39 is 0 Å². The maximum atomic E-state index is 8.41. The van der Waals surface area contributed by atoms with E-state index in [-0.39, 0.29) is 0 Å². The molecule has 0 aromatic heterocycles. The van der Waals surface area contributed by atoms with Crippen LogP contribution in [0.5, 0.6) is 5.75 Å². The summed E-state index contributed by atoms with van der Waals surface area (Å²) >= 11 is 0. The van der Waals surface area contributed by atoms with Crippen LogP contribution in [0.25, 0.3) is 6.08 Å². The van der Waals surface area contributed by atoms with E-state index in [1.807, 2.05) is 32.0 Å². The molecular formula is C12H13NO. The minimum atomic E-state index is 0.916. The van der Waals surface area contributed by atoms with Gasteiger partial charge in [0.1, 0.15) is 5.75 Å². The summed E-state index contributed by atoms with van der Waals surface area (Å²) in [6.07, 6.45) is 3.26. The highest BCUT2D eigenvalue weighted by Gasteiger charge is 2.02. The van der Waals surface area contributed by atoms with Crippen molar-refractivity contribution in [1.82, 2.24) is 0 Å². The Morgan fingerprint density at radius 3 is 2.29 bits per heavy atom. The molecule has 0 atom stereocenters. The van der Waals surface area contributed by atoms with Crippen LogP contribution in [-0.2, 0) is 0 Å². The molecule has 0 fully saturated rings. The number of rotatable bonds is 2. The predicted octanol–water partition coefficient (Wildman–Crippen LogP) is 2.85. The van der Waals surface area contributed by atoms with E-state index >= 15 is 0 Å². The van der Waals surface area contributed by atoms with Gasteiger partial charge in [-0.1, -0.05) is 0 Å². The number of nitriles is 1. The molecule has 0 bridgehead atoms. The van der Waals surface area contributed by atoms with E-state index in [1.165, 1.54) is 6.08 Å². The molecule has 0 N–H and O–H groups in total. The molecule has 0 radical (unpaired) electrons. The van der Waals surface area contributed by atoms with Crippen molar-refractivity contribution in [2.24, 2.45) is 0 Å². The number of ether oxygens (including phenoxy) is 1. The quantitative estimate of drug-likeness (QED) is 0.667. The third-order valence-corrected chi connectivity index (χ3v) is 2.04. The van der Waals surface area contributed by atoms with Crippen molar-refractivity contribution in [2.75, 3.05) is 7.11 Å². The number of hydrogen-bond donors (Lipinski definition) is 0. The highest BCUT2D eigenvalue weighted by atomic mass is 16.5. The number of allylic oxidation sites excluding steroid dienone is 1. The van der Waals surface area contributed by atoms with Gasteiger partial charge in [0.2, 0.25) is 0 Å². The van der Waals surface area contributed by atoms with E-state index in [2.05, 4.69) is 0 Å². The summed E-state index contributed by atoms with van der Waals surface area (Å²) in [7, 11) is 1.67. The van der Waals surface area contributed by atoms with Gasteiger partial charge in [-0.3, -0.25) is 0 Å². The predicted molar refractivity (Wildman–Crippen MR) is 57.1 cm³/mol. The van der Waals surface area contributed by atoms with Gasteiger partial charge in [0.15, 0.2) is 0 Å². The van der Waals surface area contributed by atoms with Gasteiger partial charge in [-0.2, -0.15) is 5.26 Å². The molecular weight excluding hydrogens is 174 g/mol. The first kappa shape index (κ1) is 10.3. The molecule has 2 heteroatoms. The molecule has 0 saturated heterocycles. The summed E-state index contributed by atoms with van der Waals surface area (Å²) in [5, 5.41) is 8.41. The van der Waals surface area contributed by atoms with Crippen molar-refractivity contribution in [1.29, 1.82) is 5.26 Å². The van der Waals surface area contributed by atoms with Crippen LogP contribution >= 0.6 is 0 Å². The summed E-state index contributed by atoms with van der Waals surface area (Å²) in [6, 6.07) is 5.97. The molecule has 0 aliphatic carbocycles. The van der Waals surface area contributed by atoms with Gasteiger partial charge in [0, 0.05) is 6.08 Å². The van der Waals surface area contributed by atoms with Gasteiger partial charge >= 0.3 is 0 Å². The van der Waals surface area contributed by atoms with Crippen molar-refractivity contribution >= 4 is 6.08 Å². The van der Waals surface area contributed by atoms with Crippen LogP contribution in [0.15, 0.2) is 18.2 Å². The van der Waals surface area contributed by atoms with Gasteiger partial charge in [0.05, 0.1) is 13.2 Å². The van der Waals surface area contributed by atoms with E-state index in [0.29, 0.717) is 0 Å². The fourth-order valence-electron chi connectivity index (χ4n) is 1.54. The largest absolute Gasteiger partial charge is 0.496 e. The topological polar surface area (TPSA) is 33.0 Å². The van der Waals surface area contributed by atoms with Crippen molar-refractivity contribution in [3.8, 4) is 11.8 Å². The molecule has 14 heavy (non-hydrogen) atoms. The zero-order chi connectivity index (χ0) is 10.6. The molecule has 0 spiro atoms. The second-order valence-corrected chi connectivity index (χ2v) is 3.15. The van der Waals surface area contributed by atoms with Gasteiger partial charge < -0.3 is 4.74 Å². The van der Waals surface area contributed by atoms with Gasteiger partial charge in [-0.25, -0.2) is 0 Å². The molecule has 2 nitrogen and oxygen atoms in total. The Bertz CT molecular complexity index is 376. The summed E-state index contributed by atoms with van der Waals surface area (Å²) in [5.74, 6) is 0.916. The summed E-state index contributed by atoms with van der Waals surface area (Å²) in [6.45, 7) is 3.99. The second kappa shape index (κ2) is 4.48. The summed E-state index contributed by atoms with van der Waals surface area (Å²) in [4.78, 5) is 0. The number of methoxy groups -OCH3 is 1. The molecule has 72 valence electrons. The van der Waals surface area contributed by atoms with Gasteiger partial charge in [-0.15, -0.1) is 0 Å². The number of aryl methyl sites for hydroxylation is 2. The molecule has 0 aliphatic heterocycles. The Morgan fingerprint density at radius 2 is 1.86 bits per heavy atom.